The van der Waals surface area contributed by atoms with Crippen molar-refractivity contribution >= 4 is 11.6 Å². The lowest BCUT2D eigenvalue weighted by Gasteiger charge is -2.42. The molecule has 1 aliphatic heterocycles. The van der Waals surface area contributed by atoms with Crippen LogP contribution in [0.25, 0.3) is 0 Å². The summed E-state index contributed by atoms with van der Waals surface area (Å²) in [6.07, 6.45) is 7.14. The molecule has 1 saturated carbocycles. The smallest absolute Gasteiger partial charge is 0.215 e. The number of tetrazole rings is 1. The number of benzene rings is 1. The Morgan fingerprint density at radius 3 is 2.46 bits per heavy atom. The van der Waals surface area contributed by atoms with Crippen LogP contribution in [0.5, 0.6) is 5.75 Å². The molecule has 0 bridgehead atoms. The first-order valence-corrected chi connectivity index (χ1v) is 12.7. The number of halogens is 1. The van der Waals surface area contributed by atoms with E-state index in [2.05, 4.69) is 46.4 Å². The monoisotopic (exact) mass is 501 g/mol. The van der Waals surface area contributed by atoms with Crippen molar-refractivity contribution in [2.24, 2.45) is 5.41 Å². The fourth-order valence-corrected chi connectivity index (χ4v) is 5.81. The van der Waals surface area contributed by atoms with E-state index in [1.807, 2.05) is 28.9 Å². The first kappa shape index (κ1) is 24.1. The van der Waals surface area contributed by atoms with E-state index in [0.29, 0.717) is 10.8 Å². The Hall–Kier alpha value is -2.56. The van der Waals surface area contributed by atoms with Crippen LogP contribution < -0.4 is 9.64 Å². The Bertz CT molecular complexity index is 1080. The molecule has 10 nitrogen and oxygen atoms in total. The third kappa shape index (κ3) is 4.79. The van der Waals surface area contributed by atoms with Crippen LogP contribution in [0.4, 0.5) is 0 Å². The second kappa shape index (κ2) is 9.83. The molecule has 2 fully saturated rings. The van der Waals surface area contributed by atoms with E-state index < -0.39 is 6.23 Å². The second-order valence-electron chi connectivity index (χ2n) is 10.6. The van der Waals surface area contributed by atoms with Gasteiger partial charge in [-0.2, -0.15) is 5.10 Å². The normalized spacial score (nSPS) is 20.6. The van der Waals surface area contributed by atoms with Gasteiger partial charge < -0.3 is 14.4 Å². The average molecular weight is 502 g/mol. The van der Waals surface area contributed by atoms with Crippen LogP contribution in [0.1, 0.15) is 64.5 Å². The fraction of sp³-hybridized carbons (Fsp3) is 0.625. The summed E-state index contributed by atoms with van der Waals surface area (Å²) in [5, 5.41) is 18.6. The summed E-state index contributed by atoms with van der Waals surface area (Å²) in [5.41, 5.74) is -0.405. The predicted molar refractivity (Wildman–Crippen MR) is 129 cm³/mol. The minimum Gasteiger partial charge on any atom is -0.466 e. The fourth-order valence-electron chi connectivity index (χ4n) is 5.69. The van der Waals surface area contributed by atoms with E-state index in [-0.39, 0.29) is 17.0 Å². The van der Waals surface area contributed by atoms with Crippen molar-refractivity contribution in [1.29, 1.82) is 0 Å². The van der Waals surface area contributed by atoms with Gasteiger partial charge >= 0.3 is 0 Å². The maximum atomic E-state index is 6.58. The Labute approximate surface area is 210 Å². The highest BCUT2D eigenvalue weighted by molar-refractivity contribution is 6.30. The van der Waals surface area contributed by atoms with Gasteiger partial charge in [-0.1, -0.05) is 32.4 Å². The lowest BCUT2D eigenvalue weighted by Crippen LogP contribution is -3.20. The predicted octanol–water partition coefficient (Wildman–Crippen LogP) is 2.47. The number of rotatable bonds is 7. The first-order chi connectivity index (χ1) is 16.9. The summed E-state index contributed by atoms with van der Waals surface area (Å²) < 4.78 is 16.0. The summed E-state index contributed by atoms with van der Waals surface area (Å²) >= 11 is 6.12. The number of aromatic nitrogens is 7. The number of morpholine rings is 1. The van der Waals surface area contributed by atoms with Crippen molar-refractivity contribution in [3.8, 4) is 5.75 Å². The van der Waals surface area contributed by atoms with Gasteiger partial charge in [-0.3, -0.25) is 0 Å². The van der Waals surface area contributed by atoms with E-state index in [4.69, 9.17) is 21.1 Å². The van der Waals surface area contributed by atoms with Gasteiger partial charge in [-0.15, -0.1) is 5.10 Å². The van der Waals surface area contributed by atoms with Gasteiger partial charge in [0.05, 0.1) is 13.2 Å². The number of nitrogens with zero attached hydrogens (tertiary/aromatic N) is 7. The Kier molecular flexibility index (Phi) is 6.78. The van der Waals surface area contributed by atoms with Crippen LogP contribution in [0.15, 0.2) is 36.9 Å². The number of hydrogen-bond donors (Lipinski definition) is 1. The highest BCUT2D eigenvalue weighted by atomic mass is 35.5. The first-order valence-electron chi connectivity index (χ1n) is 12.4. The van der Waals surface area contributed by atoms with Crippen LogP contribution in [-0.4, -0.2) is 61.3 Å². The molecule has 2 aliphatic rings. The summed E-state index contributed by atoms with van der Waals surface area (Å²) in [6, 6.07) is 7.10. The molecule has 1 N–H and O–H groups in total. The summed E-state index contributed by atoms with van der Waals surface area (Å²) in [7, 11) is 0. The van der Waals surface area contributed by atoms with Crippen molar-refractivity contribution in [3.63, 3.8) is 0 Å². The molecule has 3 heterocycles. The Balaban J connectivity index is 1.59. The molecule has 0 radical (unpaired) electrons. The molecule has 188 valence electrons. The van der Waals surface area contributed by atoms with E-state index in [0.717, 1.165) is 45.0 Å². The zero-order valence-corrected chi connectivity index (χ0v) is 21.4. The molecule has 1 aromatic carbocycles. The van der Waals surface area contributed by atoms with E-state index in [1.54, 1.807) is 11.0 Å². The number of hydrogen-bond acceptors (Lipinski definition) is 7. The number of ether oxygens (including phenoxy) is 2. The van der Waals surface area contributed by atoms with Gasteiger partial charge in [0.1, 0.15) is 37.5 Å². The van der Waals surface area contributed by atoms with E-state index in [1.165, 1.54) is 24.1 Å². The van der Waals surface area contributed by atoms with Crippen LogP contribution in [0, 0.1) is 5.41 Å². The molecule has 0 spiro atoms. The van der Waals surface area contributed by atoms with Gasteiger partial charge in [-0.25, -0.2) is 14.3 Å². The van der Waals surface area contributed by atoms with Crippen molar-refractivity contribution in [1.82, 2.24) is 35.0 Å². The van der Waals surface area contributed by atoms with Crippen molar-refractivity contribution in [2.75, 3.05) is 26.3 Å². The molecular weight excluding hydrogens is 468 g/mol. The maximum Gasteiger partial charge on any atom is 0.215 e. The lowest BCUT2D eigenvalue weighted by atomic mass is 9.84. The molecule has 11 heteroatoms. The van der Waals surface area contributed by atoms with Crippen LogP contribution in [0.2, 0.25) is 5.02 Å². The van der Waals surface area contributed by atoms with E-state index >= 15 is 0 Å². The number of nitrogens with one attached hydrogen (secondary N) is 1. The van der Waals surface area contributed by atoms with Crippen LogP contribution in [0.3, 0.4) is 0 Å². The van der Waals surface area contributed by atoms with Gasteiger partial charge in [-0.05, 0) is 52.9 Å². The Morgan fingerprint density at radius 2 is 1.83 bits per heavy atom. The van der Waals surface area contributed by atoms with Gasteiger partial charge in [0.15, 0.2) is 5.54 Å². The molecule has 35 heavy (non-hydrogen) atoms. The molecular formula is C24H34ClN8O2+. The lowest BCUT2D eigenvalue weighted by molar-refractivity contribution is -0.968. The highest BCUT2D eigenvalue weighted by Gasteiger charge is 2.52. The zero-order chi connectivity index (χ0) is 24.5. The minimum absolute atomic E-state index is 0.135. The quantitative estimate of drug-likeness (QED) is 0.531. The third-order valence-corrected chi connectivity index (χ3v) is 7.59. The average Bonchev–Trinajstić information content (AvgIpc) is 3.62. The van der Waals surface area contributed by atoms with Crippen LogP contribution >= 0.6 is 11.6 Å². The summed E-state index contributed by atoms with van der Waals surface area (Å²) in [4.78, 5) is 5.72. The largest absolute Gasteiger partial charge is 0.466 e. The highest BCUT2D eigenvalue weighted by Crippen LogP contribution is 2.43. The molecule has 2 aromatic heterocycles. The SMILES string of the molecule is CC(C)(C)[C@@H]([C@@H](Oc1ccc(Cl)cc1)n1cncn1)n1nnnc1C1([NH+]2CCOCC2)CCCC1. The van der Waals surface area contributed by atoms with Crippen molar-refractivity contribution in [2.45, 2.75) is 64.3 Å². The molecule has 0 unspecified atom stereocenters. The molecule has 1 aliphatic carbocycles. The number of quaternary nitrogens is 1. The van der Waals surface area contributed by atoms with Crippen molar-refractivity contribution < 1.29 is 14.4 Å². The van der Waals surface area contributed by atoms with Gasteiger partial charge in [0, 0.05) is 17.9 Å². The topological polar surface area (TPSA) is 97.2 Å². The summed E-state index contributed by atoms with van der Waals surface area (Å²) in [5.74, 6) is 1.62. The molecule has 1 saturated heterocycles. The Morgan fingerprint density at radius 1 is 1.11 bits per heavy atom. The van der Waals surface area contributed by atoms with Gasteiger partial charge in [0.25, 0.3) is 0 Å². The third-order valence-electron chi connectivity index (χ3n) is 7.34. The standard InChI is InChI=1S/C24H33ClN8O2/c1-23(2,3)20(21(32-17-26-16-27-32)35-19-8-6-18(25)7-9-19)33-22(28-29-30-33)24(10-4-5-11-24)31-12-14-34-15-13-31/h6-9,16-17,20-21H,4-5,10-15H2,1-3H3/p+1/t20-,21-/m1/s1. The van der Waals surface area contributed by atoms with Gasteiger partial charge in [0.2, 0.25) is 12.1 Å². The van der Waals surface area contributed by atoms with E-state index in [9.17, 15) is 0 Å². The molecule has 0 amide bonds. The second-order valence-corrected chi connectivity index (χ2v) is 11.0. The zero-order valence-electron chi connectivity index (χ0n) is 20.6. The molecule has 2 atom stereocenters. The van der Waals surface area contributed by atoms with Crippen molar-refractivity contribution in [3.05, 3.63) is 47.8 Å². The minimum atomic E-state index is -0.529. The summed E-state index contributed by atoms with van der Waals surface area (Å²) in [6.45, 7) is 10.00. The van der Waals surface area contributed by atoms with Crippen LogP contribution in [-0.2, 0) is 10.3 Å². The molecule has 5 rings (SSSR count). The molecule has 3 aromatic rings. The maximum absolute atomic E-state index is 6.58.